The summed E-state index contributed by atoms with van der Waals surface area (Å²) >= 11 is 11.1. The summed E-state index contributed by atoms with van der Waals surface area (Å²) in [5.41, 5.74) is 0.965. The lowest BCUT2D eigenvalue weighted by Gasteiger charge is -2.23. The van der Waals surface area contributed by atoms with Gasteiger partial charge in [0.2, 0.25) is 0 Å². The number of piperidine rings is 1. The highest BCUT2D eigenvalue weighted by Crippen LogP contribution is 2.12. The van der Waals surface area contributed by atoms with Crippen LogP contribution in [-0.4, -0.2) is 31.3 Å². The van der Waals surface area contributed by atoms with Crippen molar-refractivity contribution in [2.45, 2.75) is 19.3 Å². The summed E-state index contributed by atoms with van der Waals surface area (Å²) in [6.45, 7) is 4.68. The SMILES string of the molecule is S=C(NCC[NH+]1CCCCC1)Nc1ccc(Cl)cc1. The molecule has 1 heterocycles. The van der Waals surface area contributed by atoms with Crippen LogP contribution in [0, 0.1) is 0 Å². The maximum absolute atomic E-state index is 5.84. The van der Waals surface area contributed by atoms with Gasteiger partial charge in [0.15, 0.2) is 5.11 Å². The normalized spacial score (nSPS) is 16.1. The molecule has 5 heteroatoms. The van der Waals surface area contributed by atoms with Crippen LogP contribution in [0.15, 0.2) is 24.3 Å². The highest BCUT2D eigenvalue weighted by atomic mass is 35.5. The fourth-order valence-electron chi connectivity index (χ4n) is 2.36. The molecule has 1 aromatic carbocycles. The molecule has 1 aromatic rings. The van der Waals surface area contributed by atoms with Gasteiger partial charge in [0.1, 0.15) is 0 Å². The second kappa shape index (κ2) is 7.68. The molecule has 0 aromatic heterocycles. The molecular formula is C14H21ClN3S+. The highest BCUT2D eigenvalue weighted by Gasteiger charge is 2.12. The Morgan fingerprint density at radius 3 is 2.53 bits per heavy atom. The van der Waals surface area contributed by atoms with Gasteiger partial charge in [0.05, 0.1) is 26.2 Å². The lowest BCUT2D eigenvalue weighted by molar-refractivity contribution is -0.903. The third-order valence-corrected chi connectivity index (χ3v) is 3.93. The first kappa shape index (κ1) is 14.6. The zero-order valence-corrected chi connectivity index (χ0v) is 12.6. The minimum atomic E-state index is 0.679. The van der Waals surface area contributed by atoms with Gasteiger partial charge in [-0.1, -0.05) is 11.6 Å². The predicted octanol–water partition coefficient (Wildman–Crippen LogP) is 1.70. The van der Waals surface area contributed by atoms with Crippen LogP contribution in [-0.2, 0) is 0 Å². The van der Waals surface area contributed by atoms with Gasteiger partial charge in [-0.25, -0.2) is 0 Å². The van der Waals surface area contributed by atoms with Gasteiger partial charge >= 0.3 is 0 Å². The third kappa shape index (κ3) is 5.35. The monoisotopic (exact) mass is 298 g/mol. The number of likely N-dealkylation sites (tertiary alicyclic amines) is 1. The standard InChI is InChI=1S/C14H20ClN3S/c15-12-4-6-13(7-5-12)17-14(19)16-8-11-18-9-2-1-3-10-18/h4-7H,1-3,8-11H2,(H2,16,17,19)/p+1. The number of anilines is 1. The van der Waals surface area contributed by atoms with Crippen LogP contribution in [0.2, 0.25) is 5.02 Å². The molecule has 0 radical (unpaired) electrons. The molecule has 3 N–H and O–H groups in total. The quantitative estimate of drug-likeness (QED) is 0.739. The van der Waals surface area contributed by atoms with E-state index in [0.717, 1.165) is 23.8 Å². The Kier molecular flexibility index (Phi) is 5.89. The van der Waals surface area contributed by atoms with Gasteiger partial charge < -0.3 is 15.5 Å². The minimum absolute atomic E-state index is 0.679. The molecule has 1 aliphatic rings. The molecule has 0 unspecified atom stereocenters. The van der Waals surface area contributed by atoms with E-state index in [2.05, 4.69) is 10.6 Å². The summed E-state index contributed by atoms with van der Waals surface area (Å²) in [5.74, 6) is 0. The smallest absolute Gasteiger partial charge is 0.170 e. The zero-order chi connectivity index (χ0) is 13.5. The van der Waals surface area contributed by atoms with Crippen molar-refractivity contribution in [1.29, 1.82) is 0 Å². The van der Waals surface area contributed by atoms with E-state index in [1.807, 2.05) is 24.3 Å². The molecule has 1 saturated heterocycles. The van der Waals surface area contributed by atoms with Crippen molar-refractivity contribution in [1.82, 2.24) is 5.32 Å². The van der Waals surface area contributed by atoms with Crippen LogP contribution in [0.5, 0.6) is 0 Å². The second-order valence-corrected chi connectivity index (χ2v) is 5.79. The van der Waals surface area contributed by atoms with E-state index in [1.54, 1.807) is 4.90 Å². The number of quaternary nitrogens is 1. The maximum atomic E-state index is 5.84. The van der Waals surface area contributed by atoms with E-state index >= 15 is 0 Å². The van der Waals surface area contributed by atoms with Crippen LogP contribution in [0.3, 0.4) is 0 Å². The van der Waals surface area contributed by atoms with E-state index < -0.39 is 0 Å². The van der Waals surface area contributed by atoms with Crippen molar-refractivity contribution in [3.8, 4) is 0 Å². The fourth-order valence-corrected chi connectivity index (χ4v) is 2.71. The summed E-state index contributed by atoms with van der Waals surface area (Å²) in [4.78, 5) is 1.69. The van der Waals surface area contributed by atoms with Gasteiger partial charge in [-0.3, -0.25) is 0 Å². The molecule has 2 rings (SSSR count). The first-order chi connectivity index (χ1) is 9.24. The number of rotatable bonds is 4. The molecule has 0 spiro atoms. The summed E-state index contributed by atoms with van der Waals surface area (Å²) in [7, 11) is 0. The molecule has 1 aliphatic heterocycles. The van der Waals surface area contributed by atoms with E-state index in [4.69, 9.17) is 23.8 Å². The molecular weight excluding hydrogens is 278 g/mol. The second-order valence-electron chi connectivity index (χ2n) is 4.95. The van der Waals surface area contributed by atoms with Crippen molar-refractivity contribution >= 4 is 34.6 Å². The first-order valence-electron chi connectivity index (χ1n) is 6.88. The van der Waals surface area contributed by atoms with Crippen molar-refractivity contribution in [2.75, 3.05) is 31.5 Å². The Labute approximate surface area is 125 Å². The predicted molar refractivity (Wildman–Crippen MR) is 85.1 cm³/mol. The van der Waals surface area contributed by atoms with E-state index in [0.29, 0.717) is 5.11 Å². The Balaban J connectivity index is 1.65. The topological polar surface area (TPSA) is 28.5 Å². The van der Waals surface area contributed by atoms with Gasteiger partial charge in [-0.15, -0.1) is 0 Å². The number of benzene rings is 1. The van der Waals surface area contributed by atoms with Crippen LogP contribution >= 0.6 is 23.8 Å². The number of hydrogen-bond donors (Lipinski definition) is 3. The average molecular weight is 299 g/mol. The van der Waals surface area contributed by atoms with E-state index in [1.165, 1.54) is 32.4 Å². The van der Waals surface area contributed by atoms with E-state index in [9.17, 15) is 0 Å². The molecule has 0 atom stereocenters. The van der Waals surface area contributed by atoms with Gasteiger partial charge in [0.25, 0.3) is 0 Å². The maximum Gasteiger partial charge on any atom is 0.170 e. The van der Waals surface area contributed by atoms with Crippen LogP contribution in [0.25, 0.3) is 0 Å². The van der Waals surface area contributed by atoms with Gasteiger partial charge in [-0.2, -0.15) is 0 Å². The first-order valence-corrected chi connectivity index (χ1v) is 7.66. The molecule has 0 saturated carbocycles. The molecule has 0 bridgehead atoms. The van der Waals surface area contributed by atoms with E-state index in [-0.39, 0.29) is 0 Å². The lowest BCUT2D eigenvalue weighted by atomic mass is 10.1. The zero-order valence-electron chi connectivity index (χ0n) is 11.0. The summed E-state index contributed by atoms with van der Waals surface area (Å²) in [6.07, 6.45) is 4.12. The third-order valence-electron chi connectivity index (χ3n) is 3.43. The Morgan fingerprint density at radius 1 is 1.16 bits per heavy atom. The number of halogens is 1. The average Bonchev–Trinajstić information content (AvgIpc) is 2.43. The lowest BCUT2D eigenvalue weighted by Crippen LogP contribution is -3.13. The van der Waals surface area contributed by atoms with Crippen molar-refractivity contribution in [2.24, 2.45) is 0 Å². The van der Waals surface area contributed by atoms with Crippen LogP contribution in [0.1, 0.15) is 19.3 Å². The molecule has 19 heavy (non-hydrogen) atoms. The number of nitrogens with one attached hydrogen (secondary N) is 3. The molecule has 3 nitrogen and oxygen atoms in total. The van der Waals surface area contributed by atoms with Crippen molar-refractivity contribution in [3.63, 3.8) is 0 Å². The number of thiocarbonyl (C=S) groups is 1. The molecule has 104 valence electrons. The summed E-state index contributed by atoms with van der Waals surface area (Å²) in [5, 5.41) is 7.83. The fraction of sp³-hybridized carbons (Fsp3) is 0.500. The van der Waals surface area contributed by atoms with Crippen molar-refractivity contribution in [3.05, 3.63) is 29.3 Å². The van der Waals surface area contributed by atoms with Gasteiger partial charge in [0, 0.05) is 10.7 Å². The highest BCUT2D eigenvalue weighted by molar-refractivity contribution is 7.80. The summed E-state index contributed by atoms with van der Waals surface area (Å²) < 4.78 is 0. The Bertz CT molecular complexity index is 402. The molecule has 0 amide bonds. The molecule has 1 fully saturated rings. The van der Waals surface area contributed by atoms with Crippen molar-refractivity contribution < 1.29 is 4.90 Å². The van der Waals surface area contributed by atoms with Crippen LogP contribution in [0.4, 0.5) is 5.69 Å². The van der Waals surface area contributed by atoms with Gasteiger partial charge in [-0.05, 0) is 55.7 Å². The molecule has 0 aliphatic carbocycles. The largest absolute Gasteiger partial charge is 0.357 e. The Morgan fingerprint density at radius 2 is 1.84 bits per heavy atom. The minimum Gasteiger partial charge on any atom is -0.357 e. The number of hydrogen-bond acceptors (Lipinski definition) is 1. The summed E-state index contributed by atoms with van der Waals surface area (Å²) in [6, 6.07) is 7.55. The Hall–Kier alpha value is -0.840. The van der Waals surface area contributed by atoms with Crippen LogP contribution < -0.4 is 15.5 Å².